The number of pyridine rings is 1. The summed E-state index contributed by atoms with van der Waals surface area (Å²) < 4.78 is 0.977. The van der Waals surface area contributed by atoms with Crippen molar-refractivity contribution in [3.63, 3.8) is 0 Å². The van der Waals surface area contributed by atoms with E-state index in [0.717, 1.165) is 29.0 Å². The Bertz CT molecular complexity index is 413. The van der Waals surface area contributed by atoms with Crippen LogP contribution in [0.3, 0.4) is 0 Å². The van der Waals surface area contributed by atoms with Crippen molar-refractivity contribution in [3.05, 3.63) is 41.2 Å². The summed E-state index contributed by atoms with van der Waals surface area (Å²) in [5.41, 5.74) is 1.01. The molecule has 0 saturated heterocycles. The quantitative estimate of drug-likeness (QED) is 0.893. The predicted octanol–water partition coefficient (Wildman–Crippen LogP) is 2.22. The van der Waals surface area contributed by atoms with Gasteiger partial charge in [-0.2, -0.15) is 0 Å². The van der Waals surface area contributed by atoms with E-state index in [-0.39, 0.29) is 0 Å². The Morgan fingerprint density at radius 2 is 2.33 bits per heavy atom. The number of anilines is 1. The summed E-state index contributed by atoms with van der Waals surface area (Å²) >= 11 is 3.37. The Morgan fingerprint density at radius 3 is 3.07 bits per heavy atom. The van der Waals surface area contributed by atoms with E-state index in [0.29, 0.717) is 0 Å². The maximum atomic E-state index is 4.14. The van der Waals surface area contributed by atoms with E-state index in [1.54, 1.807) is 18.6 Å². The highest BCUT2D eigenvalue weighted by Crippen LogP contribution is 2.13. The van der Waals surface area contributed by atoms with Gasteiger partial charge in [0.05, 0.1) is 11.9 Å². The molecule has 0 aliphatic rings. The molecule has 0 amide bonds. The van der Waals surface area contributed by atoms with Crippen molar-refractivity contribution in [1.82, 2.24) is 15.0 Å². The van der Waals surface area contributed by atoms with Gasteiger partial charge in [0.2, 0.25) is 0 Å². The molecule has 0 unspecified atom stereocenters. The van der Waals surface area contributed by atoms with E-state index in [9.17, 15) is 0 Å². The number of nitrogens with zero attached hydrogens (tertiary/aromatic N) is 2. The second-order valence-corrected chi connectivity index (χ2v) is 4.02. The van der Waals surface area contributed by atoms with E-state index in [1.807, 2.05) is 12.3 Å². The fourth-order valence-corrected chi connectivity index (χ4v) is 1.63. The lowest BCUT2D eigenvalue weighted by Gasteiger charge is -2.04. The van der Waals surface area contributed by atoms with Gasteiger partial charge in [0.25, 0.3) is 0 Å². The lowest BCUT2D eigenvalue weighted by Crippen LogP contribution is -2.06. The molecule has 0 bridgehead atoms. The summed E-state index contributed by atoms with van der Waals surface area (Å²) in [4.78, 5) is 11.3. The van der Waals surface area contributed by atoms with Crippen LogP contribution in [0.15, 0.2) is 35.3 Å². The van der Waals surface area contributed by atoms with Crippen LogP contribution in [0.4, 0.5) is 5.69 Å². The summed E-state index contributed by atoms with van der Waals surface area (Å²) in [6.45, 7) is 0.839. The van der Waals surface area contributed by atoms with Crippen LogP contribution >= 0.6 is 15.9 Å². The Kier molecular flexibility index (Phi) is 3.34. The number of nitrogens with one attached hydrogen (secondary N) is 2. The van der Waals surface area contributed by atoms with Crippen molar-refractivity contribution in [2.75, 3.05) is 11.9 Å². The van der Waals surface area contributed by atoms with E-state index < -0.39 is 0 Å². The average Bonchev–Trinajstić information content (AvgIpc) is 2.71. The van der Waals surface area contributed by atoms with E-state index in [1.165, 1.54) is 0 Å². The number of rotatable bonds is 4. The Balaban J connectivity index is 1.83. The lowest BCUT2D eigenvalue weighted by atomic mass is 10.3. The van der Waals surface area contributed by atoms with E-state index in [2.05, 4.69) is 36.2 Å². The van der Waals surface area contributed by atoms with Gasteiger partial charge < -0.3 is 10.3 Å². The van der Waals surface area contributed by atoms with Gasteiger partial charge in [0, 0.05) is 36.0 Å². The molecule has 5 heteroatoms. The molecular weight excluding hydrogens is 256 g/mol. The van der Waals surface area contributed by atoms with Crippen molar-refractivity contribution >= 4 is 21.6 Å². The second-order valence-electron chi connectivity index (χ2n) is 3.10. The maximum Gasteiger partial charge on any atom is 0.107 e. The Labute approximate surface area is 96.3 Å². The first-order chi connectivity index (χ1) is 7.34. The summed E-state index contributed by atoms with van der Waals surface area (Å²) in [5.74, 6) is 0.991. The summed E-state index contributed by atoms with van der Waals surface area (Å²) in [6, 6.07) is 2.00. The first-order valence-corrected chi connectivity index (χ1v) is 5.46. The fraction of sp³-hybridized carbons (Fsp3) is 0.200. The number of H-pyrrole nitrogens is 1. The van der Waals surface area contributed by atoms with Gasteiger partial charge in [-0.15, -0.1) is 0 Å². The second kappa shape index (κ2) is 4.93. The maximum absolute atomic E-state index is 4.14. The van der Waals surface area contributed by atoms with Gasteiger partial charge in [-0.25, -0.2) is 4.98 Å². The molecule has 2 aromatic rings. The molecule has 0 aliphatic carbocycles. The van der Waals surface area contributed by atoms with Gasteiger partial charge >= 0.3 is 0 Å². The SMILES string of the molecule is Brc1cncc(NCCc2ncc[nH]2)c1. The van der Waals surface area contributed by atoms with Gasteiger partial charge in [-0.1, -0.05) is 0 Å². The van der Waals surface area contributed by atoms with Crippen LogP contribution in [-0.2, 0) is 6.42 Å². The smallest absolute Gasteiger partial charge is 0.107 e. The number of aromatic nitrogens is 3. The largest absolute Gasteiger partial charge is 0.383 e. The van der Waals surface area contributed by atoms with Crippen LogP contribution in [0.1, 0.15) is 5.82 Å². The topological polar surface area (TPSA) is 53.6 Å². The molecule has 78 valence electrons. The number of imidazole rings is 1. The van der Waals surface area contributed by atoms with Crippen molar-refractivity contribution in [2.24, 2.45) is 0 Å². The highest BCUT2D eigenvalue weighted by atomic mass is 79.9. The molecule has 0 spiro atoms. The highest BCUT2D eigenvalue weighted by Gasteiger charge is 1.96. The molecule has 4 nitrogen and oxygen atoms in total. The fourth-order valence-electron chi connectivity index (χ4n) is 1.27. The minimum absolute atomic E-state index is 0.839. The summed E-state index contributed by atoms with van der Waals surface area (Å²) in [5, 5.41) is 3.27. The zero-order valence-corrected chi connectivity index (χ0v) is 9.66. The molecule has 2 heterocycles. The third-order valence-corrected chi connectivity index (χ3v) is 2.38. The molecule has 2 N–H and O–H groups in total. The third-order valence-electron chi connectivity index (χ3n) is 1.95. The van der Waals surface area contributed by atoms with Crippen LogP contribution in [-0.4, -0.2) is 21.5 Å². The summed E-state index contributed by atoms with van der Waals surface area (Å²) in [6.07, 6.45) is 8.02. The molecule has 0 aliphatic heterocycles. The van der Waals surface area contributed by atoms with Crippen LogP contribution in [0.5, 0.6) is 0 Å². The van der Waals surface area contributed by atoms with Gasteiger partial charge in [0.15, 0.2) is 0 Å². The minimum atomic E-state index is 0.839. The Morgan fingerprint density at radius 1 is 1.40 bits per heavy atom. The zero-order valence-electron chi connectivity index (χ0n) is 8.07. The molecule has 0 saturated carbocycles. The number of hydrogen-bond acceptors (Lipinski definition) is 3. The average molecular weight is 267 g/mol. The van der Waals surface area contributed by atoms with Crippen LogP contribution in [0.25, 0.3) is 0 Å². The predicted molar refractivity (Wildman–Crippen MR) is 62.7 cm³/mol. The van der Waals surface area contributed by atoms with Crippen molar-refractivity contribution in [3.8, 4) is 0 Å². The van der Waals surface area contributed by atoms with Crippen molar-refractivity contribution in [2.45, 2.75) is 6.42 Å². The highest BCUT2D eigenvalue weighted by molar-refractivity contribution is 9.10. The lowest BCUT2D eigenvalue weighted by molar-refractivity contribution is 0.926. The molecule has 0 aromatic carbocycles. The molecule has 15 heavy (non-hydrogen) atoms. The monoisotopic (exact) mass is 266 g/mol. The van der Waals surface area contributed by atoms with E-state index in [4.69, 9.17) is 0 Å². The molecule has 2 aromatic heterocycles. The van der Waals surface area contributed by atoms with Crippen LogP contribution in [0.2, 0.25) is 0 Å². The first-order valence-electron chi connectivity index (χ1n) is 4.67. The normalized spacial score (nSPS) is 10.2. The number of aromatic amines is 1. The van der Waals surface area contributed by atoms with Gasteiger partial charge in [-0.05, 0) is 22.0 Å². The minimum Gasteiger partial charge on any atom is -0.383 e. The number of halogens is 1. The molecule has 2 rings (SSSR count). The van der Waals surface area contributed by atoms with Gasteiger partial charge in [-0.3, -0.25) is 4.98 Å². The van der Waals surface area contributed by atoms with E-state index >= 15 is 0 Å². The molecule has 0 fully saturated rings. The zero-order chi connectivity index (χ0) is 10.5. The molecular formula is C10H11BrN4. The van der Waals surface area contributed by atoms with Crippen molar-refractivity contribution in [1.29, 1.82) is 0 Å². The van der Waals surface area contributed by atoms with Crippen LogP contribution < -0.4 is 5.32 Å². The van der Waals surface area contributed by atoms with Crippen LogP contribution in [0, 0.1) is 0 Å². The Hall–Kier alpha value is -1.36. The third kappa shape index (κ3) is 3.06. The first kappa shape index (κ1) is 10.2. The van der Waals surface area contributed by atoms with Gasteiger partial charge in [0.1, 0.15) is 5.82 Å². The summed E-state index contributed by atoms with van der Waals surface area (Å²) in [7, 11) is 0. The number of hydrogen-bond donors (Lipinski definition) is 2. The molecule has 0 radical (unpaired) electrons. The standard InChI is InChI=1S/C10H11BrN4/c11-8-5-9(7-12-6-8)13-2-1-10-14-3-4-15-10/h3-7,13H,1-2H2,(H,14,15). The molecule has 0 atom stereocenters. The van der Waals surface area contributed by atoms with Crippen molar-refractivity contribution < 1.29 is 0 Å².